The van der Waals surface area contributed by atoms with Gasteiger partial charge in [0.05, 0.1) is 29.3 Å². The highest BCUT2D eigenvalue weighted by Crippen LogP contribution is 2.21. The van der Waals surface area contributed by atoms with Crippen molar-refractivity contribution < 1.29 is 17.7 Å². The van der Waals surface area contributed by atoms with Crippen molar-refractivity contribution in [3.8, 4) is 5.75 Å². The fourth-order valence-corrected chi connectivity index (χ4v) is 2.79. The lowest BCUT2D eigenvalue weighted by Gasteiger charge is -2.06. The van der Waals surface area contributed by atoms with E-state index in [2.05, 4.69) is 0 Å². The van der Waals surface area contributed by atoms with Gasteiger partial charge in [0.2, 0.25) is 0 Å². The van der Waals surface area contributed by atoms with Crippen LogP contribution in [0.25, 0.3) is 0 Å². The van der Waals surface area contributed by atoms with Crippen LogP contribution < -0.4 is 10.5 Å². The number of nitrogens with two attached hydrogens (primary N) is 1. The molecule has 1 atom stereocenters. The smallest absolute Gasteiger partial charge is 0.165 e. The van der Waals surface area contributed by atoms with Gasteiger partial charge in [0.15, 0.2) is 11.6 Å². The van der Waals surface area contributed by atoms with E-state index < -0.39 is 22.4 Å². The van der Waals surface area contributed by atoms with Gasteiger partial charge in [-0.05, 0) is 35.9 Å². The number of anilines is 1. The van der Waals surface area contributed by atoms with Crippen LogP contribution in [-0.2, 0) is 16.6 Å². The molecule has 0 spiro atoms. The molecule has 0 amide bonds. The zero-order valence-electron chi connectivity index (χ0n) is 10.7. The lowest BCUT2D eigenvalue weighted by Crippen LogP contribution is -2.00. The van der Waals surface area contributed by atoms with Gasteiger partial charge in [-0.3, -0.25) is 4.21 Å². The summed E-state index contributed by atoms with van der Waals surface area (Å²) in [6.07, 6.45) is 0. The van der Waals surface area contributed by atoms with Gasteiger partial charge >= 0.3 is 0 Å². The Balaban J connectivity index is 2.19. The number of rotatable bonds is 4. The van der Waals surface area contributed by atoms with Gasteiger partial charge in [0.25, 0.3) is 0 Å². The van der Waals surface area contributed by atoms with Crippen LogP contribution in [0, 0.1) is 11.6 Å². The normalized spacial score (nSPS) is 12.2. The van der Waals surface area contributed by atoms with Gasteiger partial charge in [-0.1, -0.05) is 6.07 Å². The van der Waals surface area contributed by atoms with Crippen molar-refractivity contribution in [3.05, 3.63) is 53.6 Å². The van der Waals surface area contributed by atoms with Crippen LogP contribution in [0.3, 0.4) is 0 Å². The molecule has 0 heterocycles. The Labute approximate surface area is 117 Å². The minimum atomic E-state index is -1.47. The van der Waals surface area contributed by atoms with E-state index in [-0.39, 0.29) is 17.2 Å². The second-order valence-electron chi connectivity index (χ2n) is 4.14. The first-order valence-corrected chi connectivity index (χ1v) is 7.09. The number of halogens is 2. The zero-order chi connectivity index (χ0) is 14.7. The zero-order valence-corrected chi connectivity index (χ0v) is 11.5. The number of hydrogen-bond acceptors (Lipinski definition) is 3. The van der Waals surface area contributed by atoms with Crippen molar-refractivity contribution in [1.82, 2.24) is 0 Å². The van der Waals surface area contributed by atoms with Gasteiger partial charge < -0.3 is 10.5 Å². The van der Waals surface area contributed by atoms with Gasteiger partial charge in [0.1, 0.15) is 5.82 Å². The molecule has 2 rings (SSSR count). The van der Waals surface area contributed by atoms with Crippen molar-refractivity contribution >= 4 is 16.5 Å². The third kappa shape index (κ3) is 3.14. The van der Waals surface area contributed by atoms with Crippen molar-refractivity contribution in [2.45, 2.75) is 10.6 Å². The molecular formula is C14H13F2NO2S. The van der Waals surface area contributed by atoms with E-state index in [9.17, 15) is 13.0 Å². The van der Waals surface area contributed by atoms with E-state index >= 15 is 0 Å². The Morgan fingerprint density at radius 2 is 1.90 bits per heavy atom. The fourth-order valence-electron chi connectivity index (χ4n) is 1.68. The molecule has 3 nitrogen and oxygen atoms in total. The summed E-state index contributed by atoms with van der Waals surface area (Å²) in [6.45, 7) is 0. The third-order valence-corrected chi connectivity index (χ3v) is 4.12. The van der Waals surface area contributed by atoms with E-state index in [1.807, 2.05) is 0 Å². The minimum Gasteiger partial charge on any atom is -0.494 e. The molecule has 0 bridgehead atoms. The summed E-state index contributed by atoms with van der Waals surface area (Å²) in [5.74, 6) is -0.926. The van der Waals surface area contributed by atoms with Gasteiger partial charge in [-0.15, -0.1) is 0 Å². The van der Waals surface area contributed by atoms with Crippen molar-refractivity contribution in [2.24, 2.45) is 0 Å². The molecule has 2 N–H and O–H groups in total. The van der Waals surface area contributed by atoms with Crippen molar-refractivity contribution in [2.75, 3.05) is 12.8 Å². The minimum absolute atomic E-state index is 0.00115. The van der Waals surface area contributed by atoms with E-state index in [4.69, 9.17) is 10.5 Å². The molecule has 0 saturated carbocycles. The predicted molar refractivity (Wildman–Crippen MR) is 73.9 cm³/mol. The lowest BCUT2D eigenvalue weighted by molar-refractivity contribution is 0.386. The van der Waals surface area contributed by atoms with Crippen LogP contribution in [0.1, 0.15) is 5.56 Å². The molecule has 0 aromatic heterocycles. The highest BCUT2D eigenvalue weighted by Gasteiger charge is 2.10. The van der Waals surface area contributed by atoms with Crippen molar-refractivity contribution in [1.29, 1.82) is 0 Å². The molecule has 1 unspecified atom stereocenters. The maximum Gasteiger partial charge on any atom is 0.165 e. The molecule has 0 saturated heterocycles. The molecule has 6 heteroatoms. The van der Waals surface area contributed by atoms with Crippen LogP contribution in [-0.4, -0.2) is 11.3 Å². The Bertz CT molecular complexity index is 662. The first-order valence-electron chi connectivity index (χ1n) is 5.77. The molecular weight excluding hydrogens is 284 g/mol. The van der Waals surface area contributed by atoms with Crippen LogP contribution >= 0.6 is 0 Å². The molecule has 0 radical (unpaired) electrons. The van der Waals surface area contributed by atoms with E-state index in [0.29, 0.717) is 10.5 Å². The molecule has 0 aliphatic heterocycles. The number of ether oxygens (including phenoxy) is 1. The summed E-state index contributed by atoms with van der Waals surface area (Å²) >= 11 is 0. The van der Waals surface area contributed by atoms with Crippen LogP contribution in [0.5, 0.6) is 5.75 Å². The topological polar surface area (TPSA) is 52.3 Å². The summed E-state index contributed by atoms with van der Waals surface area (Å²) in [4.78, 5) is 0.313. The average molecular weight is 297 g/mol. The van der Waals surface area contributed by atoms with Crippen LogP contribution in [0.2, 0.25) is 0 Å². The van der Waals surface area contributed by atoms with E-state index in [1.165, 1.54) is 31.4 Å². The molecule has 20 heavy (non-hydrogen) atoms. The van der Waals surface area contributed by atoms with Crippen LogP contribution in [0.4, 0.5) is 14.5 Å². The molecule has 0 aliphatic carbocycles. The largest absolute Gasteiger partial charge is 0.494 e. The molecule has 0 fully saturated rings. The molecule has 0 aliphatic rings. The predicted octanol–water partition coefficient (Wildman–Crippen LogP) is 2.86. The molecule has 106 valence electrons. The van der Waals surface area contributed by atoms with Gasteiger partial charge in [-0.2, -0.15) is 0 Å². The monoisotopic (exact) mass is 297 g/mol. The van der Waals surface area contributed by atoms with Crippen molar-refractivity contribution in [3.63, 3.8) is 0 Å². The maximum atomic E-state index is 13.5. The summed E-state index contributed by atoms with van der Waals surface area (Å²) in [5.41, 5.74) is 5.90. The lowest BCUT2D eigenvalue weighted by atomic mass is 10.2. The van der Waals surface area contributed by atoms with E-state index in [0.717, 1.165) is 6.07 Å². The Hall–Kier alpha value is -1.95. The Morgan fingerprint density at radius 1 is 1.15 bits per heavy atom. The summed E-state index contributed by atoms with van der Waals surface area (Å²) in [5, 5.41) is 0. The number of nitrogen functional groups attached to an aromatic ring is 1. The van der Waals surface area contributed by atoms with E-state index in [1.54, 1.807) is 6.07 Å². The number of benzene rings is 2. The van der Waals surface area contributed by atoms with Gasteiger partial charge in [-0.25, -0.2) is 8.78 Å². The fraction of sp³-hybridized carbons (Fsp3) is 0.143. The first kappa shape index (κ1) is 14.5. The average Bonchev–Trinajstić information content (AvgIpc) is 2.42. The van der Waals surface area contributed by atoms with Gasteiger partial charge in [0, 0.05) is 4.90 Å². The summed E-state index contributed by atoms with van der Waals surface area (Å²) in [6, 6.07) is 8.32. The molecule has 2 aromatic carbocycles. The SMILES string of the molecule is COc1ccc(CS(=O)c2ccc(N)c(F)c2)cc1F. The number of methoxy groups -OCH3 is 1. The maximum absolute atomic E-state index is 13.5. The third-order valence-electron chi connectivity index (χ3n) is 2.75. The second kappa shape index (κ2) is 6.00. The quantitative estimate of drug-likeness (QED) is 0.883. The first-order chi connectivity index (χ1) is 9.51. The highest BCUT2D eigenvalue weighted by molar-refractivity contribution is 7.84. The highest BCUT2D eigenvalue weighted by atomic mass is 32.2. The Morgan fingerprint density at radius 3 is 2.50 bits per heavy atom. The Kier molecular flexibility index (Phi) is 4.34. The summed E-state index contributed by atoms with van der Waals surface area (Å²) < 4.78 is 43.7. The molecule has 2 aromatic rings. The summed E-state index contributed by atoms with van der Waals surface area (Å²) in [7, 11) is -0.104. The number of hydrogen-bond donors (Lipinski definition) is 1. The standard InChI is InChI=1S/C14H13F2NO2S/c1-19-14-5-2-9(6-12(14)16)8-20(18)10-3-4-13(17)11(15)7-10/h2-7H,8,17H2,1H3. The van der Waals surface area contributed by atoms with Crippen LogP contribution in [0.15, 0.2) is 41.3 Å². The second-order valence-corrected chi connectivity index (χ2v) is 5.59.